The molecule has 1 aromatic rings. The van der Waals surface area contributed by atoms with Gasteiger partial charge in [-0.3, -0.25) is 4.79 Å². The van der Waals surface area contributed by atoms with E-state index in [0.717, 1.165) is 30.9 Å². The second-order valence-electron chi connectivity index (χ2n) is 5.68. The van der Waals surface area contributed by atoms with Gasteiger partial charge in [0.25, 0.3) is 5.91 Å². The molecule has 0 heterocycles. The molecule has 0 N–H and O–H groups in total. The van der Waals surface area contributed by atoms with Crippen LogP contribution in [-0.2, 0) is 0 Å². The van der Waals surface area contributed by atoms with Gasteiger partial charge in [-0.1, -0.05) is 38.3 Å². The molecule has 1 aliphatic rings. The number of hydrogen-bond donors (Lipinski definition) is 0. The fourth-order valence-corrected chi connectivity index (χ4v) is 2.87. The summed E-state index contributed by atoms with van der Waals surface area (Å²) in [5.74, 6) is 0.869. The highest BCUT2D eigenvalue weighted by Gasteiger charge is 2.17. The second-order valence-corrected chi connectivity index (χ2v) is 5.68. The third-order valence-electron chi connectivity index (χ3n) is 4.18. The number of rotatable bonds is 5. The number of hydrogen-bond acceptors (Lipinski definition) is 1. The van der Waals surface area contributed by atoms with Gasteiger partial charge in [0.15, 0.2) is 0 Å². The van der Waals surface area contributed by atoms with Crippen LogP contribution in [0.1, 0.15) is 67.3 Å². The van der Waals surface area contributed by atoms with E-state index in [1.165, 1.54) is 31.2 Å². The molecule has 1 aromatic carbocycles. The number of carbonyl (C=O) groups excluding carboxylic acids is 1. The zero-order valence-electron chi connectivity index (χ0n) is 12.2. The molecule has 2 rings (SSSR count). The molecular weight excluding hydrogens is 234 g/mol. The van der Waals surface area contributed by atoms with Crippen LogP contribution in [0.2, 0.25) is 0 Å². The van der Waals surface area contributed by atoms with Crippen molar-refractivity contribution < 1.29 is 4.79 Å². The molecule has 1 saturated carbocycles. The topological polar surface area (TPSA) is 20.3 Å². The largest absolute Gasteiger partial charge is 0.342 e. The SMILES string of the molecule is CCCCN(C)C(=O)c1ccc(C2CCCC2)cc1. The van der Waals surface area contributed by atoms with E-state index in [2.05, 4.69) is 19.1 Å². The highest BCUT2D eigenvalue weighted by atomic mass is 16.2. The van der Waals surface area contributed by atoms with Crippen LogP contribution in [0, 0.1) is 0 Å². The Morgan fingerprint density at radius 1 is 1.21 bits per heavy atom. The summed E-state index contributed by atoms with van der Waals surface area (Å²) in [5.41, 5.74) is 2.23. The summed E-state index contributed by atoms with van der Waals surface area (Å²) in [7, 11) is 1.89. The van der Waals surface area contributed by atoms with Gasteiger partial charge < -0.3 is 4.90 Å². The maximum atomic E-state index is 12.2. The first-order valence-corrected chi connectivity index (χ1v) is 7.57. The Morgan fingerprint density at radius 2 is 1.84 bits per heavy atom. The van der Waals surface area contributed by atoms with Crippen LogP contribution in [-0.4, -0.2) is 24.4 Å². The number of amides is 1. The van der Waals surface area contributed by atoms with Crippen molar-refractivity contribution in [3.05, 3.63) is 35.4 Å². The molecule has 1 fully saturated rings. The van der Waals surface area contributed by atoms with Crippen molar-refractivity contribution in [3.63, 3.8) is 0 Å². The smallest absolute Gasteiger partial charge is 0.253 e. The molecule has 0 bridgehead atoms. The molecule has 0 spiro atoms. The zero-order valence-corrected chi connectivity index (χ0v) is 12.2. The Labute approximate surface area is 116 Å². The fraction of sp³-hybridized carbons (Fsp3) is 0.588. The quantitative estimate of drug-likeness (QED) is 0.775. The molecule has 0 unspecified atom stereocenters. The summed E-state index contributed by atoms with van der Waals surface area (Å²) in [6, 6.07) is 8.30. The van der Waals surface area contributed by atoms with Crippen molar-refractivity contribution >= 4 is 5.91 Å². The molecule has 1 amide bonds. The Kier molecular flexibility index (Phi) is 5.00. The van der Waals surface area contributed by atoms with Crippen LogP contribution in [0.4, 0.5) is 0 Å². The lowest BCUT2D eigenvalue weighted by Gasteiger charge is -2.17. The van der Waals surface area contributed by atoms with Crippen LogP contribution in [0.3, 0.4) is 0 Å². The first kappa shape index (κ1) is 14.1. The van der Waals surface area contributed by atoms with Gasteiger partial charge in [-0.15, -0.1) is 0 Å². The molecule has 0 aromatic heterocycles. The molecule has 0 atom stereocenters. The summed E-state index contributed by atoms with van der Waals surface area (Å²) in [4.78, 5) is 14.0. The van der Waals surface area contributed by atoms with Crippen LogP contribution in [0.5, 0.6) is 0 Å². The minimum Gasteiger partial charge on any atom is -0.342 e. The minimum absolute atomic E-state index is 0.145. The lowest BCUT2D eigenvalue weighted by atomic mass is 9.96. The van der Waals surface area contributed by atoms with Gasteiger partial charge >= 0.3 is 0 Å². The maximum absolute atomic E-state index is 12.2. The highest BCUT2D eigenvalue weighted by Crippen LogP contribution is 2.33. The molecule has 19 heavy (non-hydrogen) atoms. The van der Waals surface area contributed by atoms with E-state index in [0.29, 0.717) is 0 Å². The maximum Gasteiger partial charge on any atom is 0.253 e. The minimum atomic E-state index is 0.145. The van der Waals surface area contributed by atoms with Crippen LogP contribution >= 0.6 is 0 Å². The van der Waals surface area contributed by atoms with Crippen molar-refractivity contribution in [2.24, 2.45) is 0 Å². The number of carbonyl (C=O) groups is 1. The molecule has 0 saturated heterocycles. The van der Waals surface area contributed by atoms with Crippen LogP contribution < -0.4 is 0 Å². The zero-order chi connectivity index (χ0) is 13.7. The standard InChI is InChI=1S/C17H25NO/c1-3-4-13-18(2)17(19)16-11-9-15(10-12-16)14-7-5-6-8-14/h9-12,14H,3-8,13H2,1-2H3. The molecule has 1 aliphatic carbocycles. The molecule has 2 nitrogen and oxygen atoms in total. The van der Waals surface area contributed by atoms with Crippen molar-refractivity contribution in [3.8, 4) is 0 Å². The van der Waals surface area contributed by atoms with Gasteiger partial charge in [0.05, 0.1) is 0 Å². The van der Waals surface area contributed by atoms with Gasteiger partial charge in [0.1, 0.15) is 0 Å². The third kappa shape index (κ3) is 3.59. The lowest BCUT2D eigenvalue weighted by Crippen LogP contribution is -2.27. The van der Waals surface area contributed by atoms with E-state index in [1.807, 2.05) is 24.1 Å². The third-order valence-corrected chi connectivity index (χ3v) is 4.18. The lowest BCUT2D eigenvalue weighted by molar-refractivity contribution is 0.0793. The van der Waals surface area contributed by atoms with E-state index in [4.69, 9.17) is 0 Å². The molecule has 0 radical (unpaired) electrons. The van der Waals surface area contributed by atoms with Crippen molar-refractivity contribution in [1.29, 1.82) is 0 Å². The average molecular weight is 259 g/mol. The monoisotopic (exact) mass is 259 g/mol. The van der Waals surface area contributed by atoms with E-state index < -0.39 is 0 Å². The predicted molar refractivity (Wildman–Crippen MR) is 79.5 cm³/mol. The van der Waals surface area contributed by atoms with Crippen LogP contribution in [0.25, 0.3) is 0 Å². The molecular formula is C17H25NO. The summed E-state index contributed by atoms with van der Waals surface area (Å²) >= 11 is 0. The Hall–Kier alpha value is -1.31. The molecule has 2 heteroatoms. The Morgan fingerprint density at radius 3 is 2.42 bits per heavy atom. The first-order valence-electron chi connectivity index (χ1n) is 7.57. The normalized spacial score (nSPS) is 15.7. The van der Waals surface area contributed by atoms with E-state index in [9.17, 15) is 4.79 Å². The van der Waals surface area contributed by atoms with Crippen molar-refractivity contribution in [1.82, 2.24) is 4.90 Å². The second kappa shape index (κ2) is 6.74. The first-order chi connectivity index (χ1) is 9.22. The van der Waals surface area contributed by atoms with Crippen molar-refractivity contribution in [2.75, 3.05) is 13.6 Å². The van der Waals surface area contributed by atoms with E-state index in [-0.39, 0.29) is 5.91 Å². The summed E-state index contributed by atoms with van der Waals surface area (Å²) in [6.07, 6.45) is 7.52. The van der Waals surface area contributed by atoms with Gasteiger partial charge in [-0.2, -0.15) is 0 Å². The number of nitrogens with zero attached hydrogens (tertiary/aromatic N) is 1. The van der Waals surface area contributed by atoms with Gasteiger partial charge in [-0.05, 0) is 42.9 Å². The fourth-order valence-electron chi connectivity index (χ4n) is 2.87. The molecule has 104 valence electrons. The Balaban J connectivity index is 1.99. The summed E-state index contributed by atoms with van der Waals surface area (Å²) < 4.78 is 0. The van der Waals surface area contributed by atoms with Gasteiger partial charge in [-0.25, -0.2) is 0 Å². The Bertz CT molecular complexity index is 404. The van der Waals surface area contributed by atoms with E-state index in [1.54, 1.807) is 0 Å². The van der Waals surface area contributed by atoms with Gasteiger partial charge in [0.2, 0.25) is 0 Å². The average Bonchev–Trinajstić information content (AvgIpc) is 2.98. The highest BCUT2D eigenvalue weighted by molar-refractivity contribution is 5.94. The number of benzene rings is 1. The number of unbranched alkanes of at least 4 members (excludes halogenated alkanes) is 1. The predicted octanol–water partition coefficient (Wildman–Crippen LogP) is 4.22. The molecule has 0 aliphatic heterocycles. The van der Waals surface area contributed by atoms with Crippen molar-refractivity contribution in [2.45, 2.75) is 51.4 Å². The van der Waals surface area contributed by atoms with Gasteiger partial charge in [0, 0.05) is 19.2 Å². The summed E-state index contributed by atoms with van der Waals surface area (Å²) in [5, 5.41) is 0. The summed E-state index contributed by atoms with van der Waals surface area (Å²) in [6.45, 7) is 2.99. The van der Waals surface area contributed by atoms with Crippen LogP contribution in [0.15, 0.2) is 24.3 Å². The van der Waals surface area contributed by atoms with E-state index >= 15 is 0 Å².